The Morgan fingerprint density at radius 2 is 2.36 bits per heavy atom. The van der Waals surface area contributed by atoms with E-state index in [9.17, 15) is 5.11 Å². The van der Waals surface area contributed by atoms with Gasteiger partial charge in [0.1, 0.15) is 5.75 Å². The highest BCUT2D eigenvalue weighted by Gasteiger charge is 2.20. The Morgan fingerprint density at radius 3 is 3.14 bits per heavy atom. The smallest absolute Gasteiger partial charge is 0.188 e. The summed E-state index contributed by atoms with van der Waals surface area (Å²) >= 11 is 0. The highest BCUT2D eigenvalue weighted by Crippen LogP contribution is 2.33. The molecule has 0 radical (unpaired) electrons. The lowest BCUT2D eigenvalue weighted by Crippen LogP contribution is -1.99. The molecule has 1 aromatic rings. The maximum Gasteiger partial charge on any atom is 0.188 e. The van der Waals surface area contributed by atoms with Crippen LogP contribution in [-0.4, -0.2) is 19.0 Å². The molecular formula is C11H14O3. The number of rotatable bonds is 3. The predicted molar refractivity (Wildman–Crippen MR) is 52.2 cm³/mol. The molecule has 0 bridgehead atoms. The number of aliphatic hydroxyl groups is 1. The van der Waals surface area contributed by atoms with E-state index in [1.807, 2.05) is 18.2 Å². The Kier molecular flexibility index (Phi) is 2.70. The molecule has 1 aromatic carbocycles. The van der Waals surface area contributed by atoms with Gasteiger partial charge in [-0.25, -0.2) is 0 Å². The lowest BCUT2D eigenvalue weighted by Gasteiger charge is -2.07. The second kappa shape index (κ2) is 3.98. The van der Waals surface area contributed by atoms with Crippen LogP contribution in [0.25, 0.3) is 0 Å². The first-order valence-electron chi connectivity index (χ1n) is 4.74. The number of fused-ring (bicyclic) bond motifs is 1. The largest absolute Gasteiger partial charge is 0.468 e. The fourth-order valence-electron chi connectivity index (χ4n) is 1.79. The van der Waals surface area contributed by atoms with Crippen LogP contribution in [0.3, 0.4) is 0 Å². The topological polar surface area (TPSA) is 38.7 Å². The van der Waals surface area contributed by atoms with E-state index < -0.39 is 0 Å². The third-order valence-corrected chi connectivity index (χ3v) is 2.50. The van der Waals surface area contributed by atoms with Gasteiger partial charge in [-0.15, -0.1) is 0 Å². The molecule has 0 heterocycles. The van der Waals surface area contributed by atoms with Gasteiger partial charge in [0.15, 0.2) is 6.79 Å². The molecule has 0 saturated carbocycles. The molecular weight excluding hydrogens is 180 g/mol. The van der Waals surface area contributed by atoms with Crippen LogP contribution < -0.4 is 4.74 Å². The lowest BCUT2D eigenvalue weighted by atomic mass is 10.1. The van der Waals surface area contributed by atoms with Crippen molar-refractivity contribution >= 4 is 0 Å². The summed E-state index contributed by atoms with van der Waals surface area (Å²) in [5.74, 6) is 0.805. The molecule has 1 aliphatic rings. The number of benzene rings is 1. The second-order valence-corrected chi connectivity index (χ2v) is 3.47. The Hall–Kier alpha value is -1.06. The van der Waals surface area contributed by atoms with Gasteiger partial charge in [-0.3, -0.25) is 0 Å². The summed E-state index contributed by atoms with van der Waals surface area (Å²) in [7, 11) is 1.59. The molecule has 1 N–H and O–H groups in total. The second-order valence-electron chi connectivity index (χ2n) is 3.47. The summed E-state index contributed by atoms with van der Waals surface area (Å²) in [5, 5.41) is 9.58. The molecule has 1 aliphatic carbocycles. The Balaban J connectivity index is 2.15. The van der Waals surface area contributed by atoms with Crippen molar-refractivity contribution in [1.82, 2.24) is 0 Å². The molecule has 0 saturated heterocycles. The van der Waals surface area contributed by atoms with E-state index >= 15 is 0 Å². The molecule has 14 heavy (non-hydrogen) atoms. The minimum Gasteiger partial charge on any atom is -0.468 e. The number of methoxy groups -OCH3 is 1. The quantitative estimate of drug-likeness (QED) is 0.743. The van der Waals surface area contributed by atoms with Crippen molar-refractivity contribution in [3.63, 3.8) is 0 Å². The number of aryl methyl sites for hydroxylation is 1. The van der Waals surface area contributed by atoms with E-state index in [1.165, 1.54) is 5.56 Å². The maximum absolute atomic E-state index is 9.58. The van der Waals surface area contributed by atoms with E-state index in [1.54, 1.807) is 7.11 Å². The normalized spacial score (nSPS) is 19.4. The van der Waals surface area contributed by atoms with E-state index in [0.29, 0.717) is 0 Å². The van der Waals surface area contributed by atoms with Crippen LogP contribution in [0.4, 0.5) is 0 Å². The molecule has 76 valence electrons. The third kappa shape index (κ3) is 1.74. The summed E-state index contributed by atoms with van der Waals surface area (Å²) in [4.78, 5) is 0. The Labute approximate surface area is 83.3 Å². The van der Waals surface area contributed by atoms with Crippen molar-refractivity contribution in [3.8, 4) is 5.75 Å². The fraction of sp³-hybridized carbons (Fsp3) is 0.455. The average Bonchev–Trinajstić information content (AvgIpc) is 2.57. The van der Waals surface area contributed by atoms with Crippen molar-refractivity contribution in [2.75, 3.05) is 13.9 Å². The summed E-state index contributed by atoms with van der Waals surface area (Å²) in [6.45, 7) is 0.265. The summed E-state index contributed by atoms with van der Waals surface area (Å²) in [6.07, 6.45) is 1.46. The SMILES string of the molecule is COCOc1ccc2c(c1)CC[C@H]2O. The molecule has 0 aliphatic heterocycles. The maximum atomic E-state index is 9.58. The molecule has 1 atom stereocenters. The van der Waals surface area contributed by atoms with Gasteiger partial charge in [0.2, 0.25) is 0 Å². The van der Waals surface area contributed by atoms with Crippen molar-refractivity contribution in [1.29, 1.82) is 0 Å². The summed E-state index contributed by atoms with van der Waals surface area (Å²) in [5.41, 5.74) is 2.22. The monoisotopic (exact) mass is 194 g/mol. The van der Waals surface area contributed by atoms with Gasteiger partial charge >= 0.3 is 0 Å². The highest BCUT2D eigenvalue weighted by atomic mass is 16.7. The van der Waals surface area contributed by atoms with Crippen molar-refractivity contribution in [2.24, 2.45) is 0 Å². The van der Waals surface area contributed by atoms with Crippen molar-refractivity contribution in [3.05, 3.63) is 29.3 Å². The van der Waals surface area contributed by atoms with Gasteiger partial charge in [-0.1, -0.05) is 6.07 Å². The van der Waals surface area contributed by atoms with Gasteiger partial charge in [0.25, 0.3) is 0 Å². The van der Waals surface area contributed by atoms with Crippen LogP contribution in [0.15, 0.2) is 18.2 Å². The number of hydrogen-bond acceptors (Lipinski definition) is 3. The predicted octanol–water partition coefficient (Wildman–Crippen LogP) is 1.65. The first-order chi connectivity index (χ1) is 6.81. The molecule has 0 aromatic heterocycles. The summed E-state index contributed by atoms with van der Waals surface area (Å²) in [6, 6.07) is 5.77. The zero-order chi connectivity index (χ0) is 9.97. The van der Waals surface area contributed by atoms with E-state index in [-0.39, 0.29) is 12.9 Å². The van der Waals surface area contributed by atoms with Crippen LogP contribution in [-0.2, 0) is 11.2 Å². The number of aliphatic hydroxyl groups excluding tert-OH is 1. The third-order valence-electron chi connectivity index (χ3n) is 2.50. The molecule has 0 amide bonds. The van der Waals surface area contributed by atoms with Gasteiger partial charge in [0.05, 0.1) is 6.10 Å². The minimum atomic E-state index is -0.290. The molecule has 3 nitrogen and oxygen atoms in total. The van der Waals surface area contributed by atoms with E-state index in [2.05, 4.69) is 0 Å². The zero-order valence-electron chi connectivity index (χ0n) is 8.19. The molecule has 0 fully saturated rings. The zero-order valence-corrected chi connectivity index (χ0v) is 8.19. The van der Waals surface area contributed by atoms with Gasteiger partial charge in [-0.05, 0) is 36.1 Å². The van der Waals surface area contributed by atoms with Crippen LogP contribution in [0.5, 0.6) is 5.75 Å². The lowest BCUT2D eigenvalue weighted by molar-refractivity contribution is 0.0511. The van der Waals surface area contributed by atoms with E-state index in [4.69, 9.17) is 9.47 Å². The Bertz CT molecular complexity index is 322. The first-order valence-corrected chi connectivity index (χ1v) is 4.74. The first kappa shape index (κ1) is 9.49. The molecule has 2 rings (SSSR count). The Morgan fingerprint density at radius 1 is 1.50 bits per heavy atom. The highest BCUT2D eigenvalue weighted by molar-refractivity contribution is 5.39. The number of ether oxygens (including phenoxy) is 2. The fourth-order valence-corrected chi connectivity index (χ4v) is 1.79. The molecule has 0 unspecified atom stereocenters. The standard InChI is InChI=1S/C11H14O3/c1-13-7-14-9-3-4-10-8(6-9)2-5-11(10)12/h3-4,6,11-12H,2,5,7H2,1H3/t11-/m1/s1. The van der Waals surface area contributed by atoms with E-state index in [0.717, 1.165) is 24.2 Å². The minimum absolute atomic E-state index is 0.265. The van der Waals surface area contributed by atoms with Gasteiger partial charge < -0.3 is 14.6 Å². The molecule has 0 spiro atoms. The van der Waals surface area contributed by atoms with Gasteiger partial charge in [-0.2, -0.15) is 0 Å². The molecule has 3 heteroatoms. The average molecular weight is 194 g/mol. The van der Waals surface area contributed by atoms with Crippen molar-refractivity contribution < 1.29 is 14.6 Å². The number of hydrogen-bond donors (Lipinski definition) is 1. The van der Waals surface area contributed by atoms with Crippen LogP contribution >= 0.6 is 0 Å². The summed E-state index contributed by atoms with van der Waals surface area (Å²) < 4.78 is 10.1. The van der Waals surface area contributed by atoms with Crippen molar-refractivity contribution in [2.45, 2.75) is 18.9 Å². The van der Waals surface area contributed by atoms with Gasteiger partial charge in [0, 0.05) is 7.11 Å². The van der Waals surface area contributed by atoms with Crippen LogP contribution in [0.1, 0.15) is 23.7 Å². The van der Waals surface area contributed by atoms with Crippen LogP contribution in [0, 0.1) is 0 Å². The van der Waals surface area contributed by atoms with Crippen LogP contribution in [0.2, 0.25) is 0 Å².